The number of aryl methyl sites for hydroxylation is 1. The highest BCUT2D eigenvalue weighted by Crippen LogP contribution is 2.39. The zero-order valence-electron chi connectivity index (χ0n) is 38.5. The van der Waals surface area contributed by atoms with Crippen molar-refractivity contribution in [2.24, 2.45) is 13.0 Å². The van der Waals surface area contributed by atoms with E-state index in [1.807, 2.05) is 54.7 Å². The minimum atomic E-state index is -0.668. The first-order valence-electron chi connectivity index (χ1n) is 23.5. The lowest BCUT2D eigenvalue weighted by Gasteiger charge is -2.43. The number of carbonyl (C=O) groups is 2. The van der Waals surface area contributed by atoms with Gasteiger partial charge in [-0.05, 0) is 142 Å². The molecule has 0 saturated carbocycles. The maximum Gasteiger partial charge on any atom is 0.329 e. The largest absolute Gasteiger partial charge is 0.494 e. The average molecular weight is 915 g/mol. The standard InChI is InChI=1S/C51H60ClN9O5/c1-51(2,38-27-36(30-53)47(65-4)42(52)29-38)37-6-8-41(9-7-37)66-32-39-13-20-54-49(55-39)60-23-14-33(15-24-60)31-58-21-18-40(19-22-58)59-25-16-34(17-26-59)35-5-10-43-45(28-35)57(3)50(64)61(43)44-11-12-46(62)56-48(44)63/h5-10,13,20,27-29,33-34,40,44H,11-12,14-19,21-26,31-32H2,1-4H3,(H,56,62,63). The molecule has 6 heterocycles. The topological polar surface area (TPSA) is 151 Å². The van der Waals surface area contributed by atoms with Crippen molar-refractivity contribution in [2.75, 3.05) is 57.8 Å². The number of aromatic nitrogens is 4. The first kappa shape index (κ1) is 45.4. The molecule has 1 N–H and O–H groups in total. The van der Waals surface area contributed by atoms with Gasteiger partial charge in [0.2, 0.25) is 17.8 Å². The van der Waals surface area contributed by atoms with Crippen molar-refractivity contribution in [3.8, 4) is 17.6 Å². The summed E-state index contributed by atoms with van der Waals surface area (Å²) in [5, 5.41) is 12.5. The predicted octanol–water partition coefficient (Wildman–Crippen LogP) is 7.11. The number of hydrogen-bond donors (Lipinski definition) is 1. The van der Waals surface area contributed by atoms with Crippen molar-refractivity contribution in [1.29, 1.82) is 5.26 Å². The van der Waals surface area contributed by atoms with E-state index >= 15 is 0 Å². The number of halogens is 1. The number of ether oxygens (including phenoxy) is 2. The summed E-state index contributed by atoms with van der Waals surface area (Å²) in [4.78, 5) is 54.9. The fourth-order valence-corrected chi connectivity index (χ4v) is 11.1. The lowest BCUT2D eigenvalue weighted by atomic mass is 9.77. The minimum Gasteiger partial charge on any atom is -0.494 e. The van der Waals surface area contributed by atoms with E-state index in [9.17, 15) is 19.6 Å². The number of piperidine rings is 4. The van der Waals surface area contributed by atoms with Crippen molar-refractivity contribution in [3.05, 3.63) is 110 Å². The van der Waals surface area contributed by atoms with E-state index < -0.39 is 17.4 Å². The number of fused-ring (bicyclic) bond motifs is 1. The molecule has 3 aromatic carbocycles. The van der Waals surface area contributed by atoms with Crippen LogP contribution in [0.25, 0.3) is 11.0 Å². The number of carbonyl (C=O) groups excluding carboxylic acids is 2. The van der Waals surface area contributed by atoms with Crippen LogP contribution in [0.4, 0.5) is 5.95 Å². The molecule has 2 aromatic heterocycles. The van der Waals surface area contributed by atoms with Crippen LogP contribution in [0.3, 0.4) is 0 Å². The van der Waals surface area contributed by atoms with Crippen molar-refractivity contribution >= 4 is 40.4 Å². The Hall–Kier alpha value is -5.75. The number of nitriles is 1. The molecule has 1 atom stereocenters. The van der Waals surface area contributed by atoms with Crippen LogP contribution in [-0.4, -0.2) is 99.7 Å². The SMILES string of the molecule is COc1c(Cl)cc(C(C)(C)c2ccc(OCc3ccnc(N4CCC(CN5CCC(N6CCC(c7ccc8c(c7)n(C)c(=O)n8C7CCC(=O)NC7=O)CC6)CC5)CC4)n3)cc2)cc1C#N. The minimum absolute atomic E-state index is 0.223. The van der Waals surface area contributed by atoms with Gasteiger partial charge in [0.15, 0.2) is 5.75 Å². The average Bonchev–Trinajstić information content (AvgIpc) is 3.58. The van der Waals surface area contributed by atoms with Gasteiger partial charge in [0.25, 0.3) is 0 Å². The van der Waals surface area contributed by atoms with Gasteiger partial charge < -0.3 is 24.2 Å². The van der Waals surface area contributed by atoms with Gasteiger partial charge in [-0.1, -0.05) is 43.6 Å². The Labute approximate surface area is 391 Å². The second-order valence-corrected chi connectivity index (χ2v) is 19.5. The summed E-state index contributed by atoms with van der Waals surface area (Å²) in [5.41, 5.74) is 5.44. The Morgan fingerprint density at radius 2 is 1.61 bits per heavy atom. The van der Waals surface area contributed by atoms with Crippen molar-refractivity contribution in [2.45, 2.75) is 95.2 Å². The third-order valence-electron chi connectivity index (χ3n) is 14.9. The van der Waals surface area contributed by atoms with Crippen molar-refractivity contribution in [1.82, 2.24) is 34.2 Å². The number of likely N-dealkylation sites (tertiary alicyclic amines) is 2. The zero-order valence-corrected chi connectivity index (χ0v) is 39.2. The van der Waals surface area contributed by atoms with Gasteiger partial charge in [-0.2, -0.15) is 5.26 Å². The third-order valence-corrected chi connectivity index (χ3v) is 15.2. The fraction of sp³-hybridized carbons (Fsp3) is 0.490. The highest BCUT2D eigenvalue weighted by atomic mass is 35.5. The number of benzene rings is 3. The van der Waals surface area contributed by atoms with Gasteiger partial charge in [-0.15, -0.1) is 0 Å². The Morgan fingerprint density at radius 1 is 0.864 bits per heavy atom. The van der Waals surface area contributed by atoms with Gasteiger partial charge in [0.05, 0.1) is 34.4 Å². The number of imidazole rings is 1. The summed E-state index contributed by atoms with van der Waals surface area (Å²) in [6, 6.07) is 22.1. The predicted molar refractivity (Wildman–Crippen MR) is 254 cm³/mol. The molecule has 5 aromatic rings. The van der Waals surface area contributed by atoms with Gasteiger partial charge in [0, 0.05) is 50.8 Å². The highest BCUT2D eigenvalue weighted by Gasteiger charge is 2.34. The number of nitrogens with zero attached hydrogens (tertiary/aromatic N) is 8. The third kappa shape index (κ3) is 9.30. The van der Waals surface area contributed by atoms with Gasteiger partial charge in [-0.3, -0.25) is 24.0 Å². The van der Waals surface area contributed by atoms with Crippen LogP contribution in [0.15, 0.2) is 71.7 Å². The molecule has 4 aliphatic rings. The molecule has 4 saturated heterocycles. The molecule has 346 valence electrons. The molecule has 2 amide bonds. The molecule has 1 unspecified atom stereocenters. The lowest BCUT2D eigenvalue weighted by molar-refractivity contribution is -0.135. The molecule has 15 heteroatoms. The number of anilines is 1. The summed E-state index contributed by atoms with van der Waals surface area (Å²) in [6.07, 6.45) is 9.25. The normalized spacial score (nSPS) is 19.8. The van der Waals surface area contributed by atoms with Gasteiger partial charge >= 0.3 is 5.69 Å². The molecule has 66 heavy (non-hydrogen) atoms. The molecular formula is C51H60ClN9O5. The van der Waals surface area contributed by atoms with Crippen LogP contribution in [0.2, 0.25) is 5.02 Å². The molecule has 4 fully saturated rings. The highest BCUT2D eigenvalue weighted by molar-refractivity contribution is 6.32. The number of imide groups is 1. The molecule has 14 nitrogen and oxygen atoms in total. The van der Waals surface area contributed by atoms with E-state index in [1.54, 1.807) is 16.2 Å². The number of rotatable bonds is 12. The molecule has 4 aliphatic heterocycles. The summed E-state index contributed by atoms with van der Waals surface area (Å²) >= 11 is 6.48. The van der Waals surface area contributed by atoms with Crippen molar-refractivity contribution < 1.29 is 19.1 Å². The number of methoxy groups -OCH3 is 1. The fourth-order valence-electron chi connectivity index (χ4n) is 10.8. The number of hydrogen-bond acceptors (Lipinski definition) is 11. The van der Waals surface area contributed by atoms with E-state index in [2.05, 4.69) is 57.0 Å². The van der Waals surface area contributed by atoms with Gasteiger partial charge in [-0.25, -0.2) is 14.8 Å². The van der Waals surface area contributed by atoms with Gasteiger partial charge in [0.1, 0.15) is 24.5 Å². The van der Waals surface area contributed by atoms with E-state index in [0.717, 1.165) is 111 Å². The monoisotopic (exact) mass is 913 g/mol. The maximum atomic E-state index is 13.3. The number of amides is 2. The summed E-state index contributed by atoms with van der Waals surface area (Å²) in [6.45, 7) is 12.0. The summed E-state index contributed by atoms with van der Waals surface area (Å²) in [7, 11) is 3.28. The molecule has 0 radical (unpaired) electrons. The maximum absolute atomic E-state index is 13.3. The lowest BCUT2D eigenvalue weighted by Crippen LogP contribution is -2.49. The molecule has 0 bridgehead atoms. The van der Waals surface area contributed by atoms with E-state index in [-0.39, 0.29) is 18.0 Å². The zero-order chi connectivity index (χ0) is 46.1. The second-order valence-electron chi connectivity index (χ2n) is 19.1. The molecule has 0 aliphatic carbocycles. The van der Waals surface area contributed by atoms with Crippen LogP contribution in [0, 0.1) is 17.2 Å². The van der Waals surface area contributed by atoms with Crippen LogP contribution < -0.4 is 25.4 Å². The smallest absolute Gasteiger partial charge is 0.329 e. The van der Waals surface area contributed by atoms with Crippen LogP contribution in [0.5, 0.6) is 11.5 Å². The molecule has 9 rings (SSSR count). The van der Waals surface area contributed by atoms with Crippen LogP contribution >= 0.6 is 11.6 Å². The Kier molecular flexibility index (Phi) is 13.2. The summed E-state index contributed by atoms with van der Waals surface area (Å²) < 4.78 is 14.7. The Balaban J connectivity index is 0.708. The van der Waals surface area contributed by atoms with E-state index in [4.69, 9.17) is 26.1 Å². The van der Waals surface area contributed by atoms with E-state index in [0.29, 0.717) is 47.2 Å². The Bertz CT molecular complexity index is 2680. The van der Waals surface area contributed by atoms with Crippen molar-refractivity contribution in [3.63, 3.8) is 0 Å². The van der Waals surface area contributed by atoms with Crippen LogP contribution in [0.1, 0.15) is 105 Å². The number of nitrogens with one attached hydrogen (secondary N) is 1. The summed E-state index contributed by atoms with van der Waals surface area (Å²) in [5.74, 6) is 2.32. The first-order chi connectivity index (χ1) is 31.9. The van der Waals surface area contributed by atoms with Crippen LogP contribution in [-0.2, 0) is 28.7 Å². The molecular weight excluding hydrogens is 854 g/mol. The quantitative estimate of drug-likeness (QED) is 0.128. The Morgan fingerprint density at radius 3 is 2.30 bits per heavy atom. The van der Waals surface area contributed by atoms with E-state index in [1.165, 1.54) is 25.5 Å². The second kappa shape index (κ2) is 19.2. The molecule has 0 spiro atoms. The first-order valence-corrected chi connectivity index (χ1v) is 23.9.